The van der Waals surface area contributed by atoms with Gasteiger partial charge < -0.3 is 19.6 Å². The van der Waals surface area contributed by atoms with Crippen molar-refractivity contribution in [1.29, 1.82) is 0 Å². The number of aromatic nitrogens is 2. The van der Waals surface area contributed by atoms with Gasteiger partial charge in [-0.3, -0.25) is 9.59 Å². The van der Waals surface area contributed by atoms with Crippen LogP contribution in [0.4, 0.5) is 5.69 Å². The van der Waals surface area contributed by atoms with Gasteiger partial charge in [-0.25, -0.2) is 0 Å². The van der Waals surface area contributed by atoms with Gasteiger partial charge in [0, 0.05) is 42.1 Å². The van der Waals surface area contributed by atoms with Gasteiger partial charge in [0.15, 0.2) is 12.4 Å². The molecule has 3 aromatic rings. The molecule has 3 rings (SSSR count). The van der Waals surface area contributed by atoms with Crippen molar-refractivity contribution in [3.63, 3.8) is 0 Å². The van der Waals surface area contributed by atoms with Crippen LogP contribution in [0.15, 0.2) is 47.5 Å². The Morgan fingerprint density at radius 2 is 2.17 bits per heavy atom. The Morgan fingerprint density at radius 3 is 3.00 bits per heavy atom. The van der Waals surface area contributed by atoms with E-state index in [-0.39, 0.29) is 23.7 Å². The number of carbonyl (C=O) groups is 1. The highest BCUT2D eigenvalue weighted by Crippen LogP contribution is 2.21. The van der Waals surface area contributed by atoms with E-state index in [1.165, 1.54) is 6.07 Å². The van der Waals surface area contributed by atoms with Crippen molar-refractivity contribution in [3.8, 4) is 5.75 Å². The molecule has 2 N–H and O–H groups in total. The normalized spacial score (nSPS) is 10.7. The molecule has 0 saturated carbocycles. The molecule has 0 bridgehead atoms. The van der Waals surface area contributed by atoms with Gasteiger partial charge in [0.1, 0.15) is 0 Å². The molecule has 0 radical (unpaired) electrons. The minimum atomic E-state index is -0.318. The number of nitrogens with one attached hydrogen (secondary N) is 2. The van der Waals surface area contributed by atoms with Crippen LogP contribution in [-0.2, 0) is 11.8 Å². The number of carbonyl (C=O) groups excluding carboxylic acids is 1. The van der Waals surface area contributed by atoms with E-state index in [4.69, 9.17) is 4.74 Å². The van der Waals surface area contributed by atoms with Crippen LogP contribution in [0.2, 0.25) is 0 Å². The Morgan fingerprint density at radius 1 is 1.35 bits per heavy atom. The van der Waals surface area contributed by atoms with Crippen LogP contribution >= 0.6 is 0 Å². The smallest absolute Gasteiger partial charge is 0.262 e. The van der Waals surface area contributed by atoms with Crippen LogP contribution in [0.3, 0.4) is 0 Å². The lowest BCUT2D eigenvalue weighted by Gasteiger charge is -2.10. The fourth-order valence-corrected chi connectivity index (χ4v) is 2.34. The number of aromatic amines is 1. The number of ether oxygens (including phenoxy) is 1. The van der Waals surface area contributed by atoms with Crippen LogP contribution in [0.5, 0.6) is 5.75 Å². The molecular weight excluding hydrogens is 294 g/mol. The molecule has 0 saturated heterocycles. The van der Waals surface area contributed by atoms with Crippen molar-refractivity contribution in [2.45, 2.75) is 6.92 Å². The summed E-state index contributed by atoms with van der Waals surface area (Å²) >= 11 is 0. The van der Waals surface area contributed by atoms with Crippen LogP contribution in [-0.4, -0.2) is 22.1 Å². The SMILES string of the molecule is Cc1cc(=O)c(OCC(=O)Nc2cccc3[nH]ccc23)cn1C. The lowest BCUT2D eigenvalue weighted by Crippen LogP contribution is -2.22. The zero-order valence-electron chi connectivity index (χ0n) is 12.9. The number of amides is 1. The minimum absolute atomic E-state index is 0.160. The summed E-state index contributed by atoms with van der Waals surface area (Å²) in [6.45, 7) is 1.61. The number of benzene rings is 1. The molecule has 1 aromatic carbocycles. The molecule has 0 atom stereocenters. The summed E-state index contributed by atoms with van der Waals surface area (Å²) in [5.74, 6) is -0.158. The first-order chi connectivity index (χ1) is 11.0. The third-order valence-corrected chi connectivity index (χ3v) is 3.68. The van der Waals surface area contributed by atoms with Crippen LogP contribution in [0.25, 0.3) is 10.9 Å². The van der Waals surface area contributed by atoms with Crippen molar-refractivity contribution < 1.29 is 9.53 Å². The van der Waals surface area contributed by atoms with Gasteiger partial charge in [-0.15, -0.1) is 0 Å². The molecule has 2 heterocycles. The van der Waals surface area contributed by atoms with Gasteiger partial charge in [0.05, 0.1) is 5.69 Å². The first-order valence-electron chi connectivity index (χ1n) is 7.20. The minimum Gasteiger partial charge on any atom is -0.478 e. The topological polar surface area (TPSA) is 76.1 Å². The lowest BCUT2D eigenvalue weighted by atomic mass is 10.2. The monoisotopic (exact) mass is 311 g/mol. The standard InChI is InChI=1S/C17H17N3O3/c1-11-8-15(21)16(9-20(11)2)23-10-17(22)19-14-5-3-4-13-12(14)6-7-18-13/h3-9,18H,10H2,1-2H3,(H,19,22). The number of hydrogen-bond acceptors (Lipinski definition) is 3. The quantitative estimate of drug-likeness (QED) is 0.775. The molecule has 0 aliphatic rings. The van der Waals surface area contributed by atoms with Gasteiger partial charge in [0.2, 0.25) is 5.43 Å². The fourth-order valence-electron chi connectivity index (χ4n) is 2.34. The van der Waals surface area contributed by atoms with Gasteiger partial charge in [0.25, 0.3) is 5.91 Å². The number of H-pyrrole nitrogens is 1. The Hall–Kier alpha value is -3.02. The Balaban J connectivity index is 1.70. The van der Waals surface area contributed by atoms with Gasteiger partial charge in [-0.05, 0) is 25.1 Å². The molecule has 0 aliphatic carbocycles. The largest absolute Gasteiger partial charge is 0.478 e. The van der Waals surface area contributed by atoms with E-state index < -0.39 is 0 Å². The van der Waals surface area contributed by atoms with Crippen molar-refractivity contribution in [2.75, 3.05) is 11.9 Å². The molecule has 6 nitrogen and oxygen atoms in total. The summed E-state index contributed by atoms with van der Waals surface area (Å²) in [7, 11) is 1.81. The summed E-state index contributed by atoms with van der Waals surface area (Å²) in [5.41, 5.74) is 2.23. The molecule has 1 amide bonds. The summed E-state index contributed by atoms with van der Waals surface area (Å²) in [5, 5.41) is 3.72. The number of nitrogens with zero attached hydrogens (tertiary/aromatic N) is 1. The summed E-state index contributed by atoms with van der Waals surface area (Å²) in [4.78, 5) is 27.0. The van der Waals surface area contributed by atoms with Crippen molar-refractivity contribution in [2.24, 2.45) is 7.05 Å². The van der Waals surface area contributed by atoms with E-state index in [9.17, 15) is 9.59 Å². The second-order valence-electron chi connectivity index (χ2n) is 5.34. The summed E-state index contributed by atoms with van der Waals surface area (Å²) in [6.07, 6.45) is 3.39. The molecule has 0 aliphatic heterocycles. The van der Waals surface area contributed by atoms with Crippen molar-refractivity contribution in [3.05, 3.63) is 58.6 Å². The Labute approximate surface area is 132 Å². The predicted octanol–water partition coefficient (Wildman–Crippen LogP) is 2.19. The van der Waals surface area contributed by atoms with E-state index >= 15 is 0 Å². The molecular formula is C17H17N3O3. The maximum atomic E-state index is 12.1. The highest BCUT2D eigenvalue weighted by Gasteiger charge is 2.09. The number of hydrogen-bond donors (Lipinski definition) is 2. The number of fused-ring (bicyclic) bond motifs is 1. The zero-order chi connectivity index (χ0) is 16.4. The fraction of sp³-hybridized carbons (Fsp3) is 0.176. The molecule has 6 heteroatoms. The number of pyridine rings is 1. The third kappa shape index (κ3) is 3.11. The molecule has 0 unspecified atom stereocenters. The van der Waals surface area contributed by atoms with Crippen molar-refractivity contribution in [1.82, 2.24) is 9.55 Å². The average Bonchev–Trinajstić information content (AvgIpc) is 2.99. The van der Waals surface area contributed by atoms with Crippen LogP contribution in [0.1, 0.15) is 5.69 Å². The second kappa shape index (κ2) is 6.00. The summed E-state index contributed by atoms with van der Waals surface area (Å²) < 4.78 is 7.12. The van der Waals surface area contributed by atoms with Gasteiger partial charge >= 0.3 is 0 Å². The van der Waals surface area contributed by atoms with Crippen molar-refractivity contribution >= 4 is 22.5 Å². The summed E-state index contributed by atoms with van der Waals surface area (Å²) in [6, 6.07) is 8.97. The second-order valence-corrected chi connectivity index (χ2v) is 5.34. The Kier molecular flexibility index (Phi) is 3.89. The first-order valence-corrected chi connectivity index (χ1v) is 7.20. The van der Waals surface area contributed by atoms with E-state index in [0.717, 1.165) is 16.6 Å². The first kappa shape index (κ1) is 14.9. The highest BCUT2D eigenvalue weighted by atomic mass is 16.5. The maximum Gasteiger partial charge on any atom is 0.262 e. The van der Waals surface area contributed by atoms with E-state index in [1.807, 2.05) is 44.4 Å². The van der Waals surface area contributed by atoms with E-state index in [2.05, 4.69) is 10.3 Å². The number of aryl methyl sites for hydroxylation is 2. The van der Waals surface area contributed by atoms with Gasteiger partial charge in [-0.2, -0.15) is 0 Å². The average molecular weight is 311 g/mol. The van der Waals surface area contributed by atoms with Crippen LogP contribution < -0.4 is 15.5 Å². The Bertz CT molecular complexity index is 924. The lowest BCUT2D eigenvalue weighted by molar-refractivity contribution is -0.118. The predicted molar refractivity (Wildman–Crippen MR) is 88.8 cm³/mol. The molecule has 2 aromatic heterocycles. The number of anilines is 1. The molecule has 0 fully saturated rings. The number of rotatable bonds is 4. The highest BCUT2D eigenvalue weighted by molar-refractivity contribution is 6.01. The zero-order valence-corrected chi connectivity index (χ0v) is 12.9. The van der Waals surface area contributed by atoms with E-state index in [0.29, 0.717) is 5.69 Å². The molecule has 0 spiro atoms. The molecule has 23 heavy (non-hydrogen) atoms. The third-order valence-electron chi connectivity index (χ3n) is 3.68. The van der Waals surface area contributed by atoms with E-state index in [1.54, 1.807) is 10.8 Å². The molecule has 118 valence electrons. The maximum absolute atomic E-state index is 12.1. The van der Waals surface area contributed by atoms with Gasteiger partial charge in [-0.1, -0.05) is 6.07 Å². The van der Waals surface area contributed by atoms with Crippen LogP contribution in [0, 0.1) is 6.92 Å².